The summed E-state index contributed by atoms with van der Waals surface area (Å²) < 4.78 is 5.29. The smallest absolute Gasteiger partial charge is 0.154 e. The van der Waals surface area contributed by atoms with Gasteiger partial charge in [-0.3, -0.25) is 4.98 Å². The van der Waals surface area contributed by atoms with E-state index in [0.717, 1.165) is 35.9 Å². The van der Waals surface area contributed by atoms with Crippen LogP contribution in [0.15, 0.2) is 36.7 Å². The van der Waals surface area contributed by atoms with Crippen LogP contribution in [-0.4, -0.2) is 30.2 Å². The van der Waals surface area contributed by atoms with Crippen LogP contribution >= 0.6 is 0 Å². The van der Waals surface area contributed by atoms with Gasteiger partial charge < -0.3 is 15.4 Å². The highest BCUT2D eigenvalue weighted by Gasteiger charge is 2.13. The molecule has 5 heteroatoms. The summed E-state index contributed by atoms with van der Waals surface area (Å²) in [7, 11) is 1.66. The van der Waals surface area contributed by atoms with Gasteiger partial charge in [-0.15, -0.1) is 0 Å². The molecule has 0 spiro atoms. The van der Waals surface area contributed by atoms with Gasteiger partial charge in [0.25, 0.3) is 0 Å². The molecule has 1 aromatic heterocycles. The second-order valence-electron chi connectivity index (χ2n) is 4.46. The molecule has 2 rings (SSSR count). The third-order valence-electron chi connectivity index (χ3n) is 3.06. The van der Waals surface area contributed by atoms with Crippen LogP contribution in [0.5, 0.6) is 5.75 Å². The fraction of sp³-hybridized carbons (Fsp3) is 0.333. The molecular formula is C15H20N4O. The lowest BCUT2D eigenvalue weighted by Gasteiger charge is -2.25. The zero-order chi connectivity index (χ0) is 14.4. The fourth-order valence-electron chi connectivity index (χ4n) is 2.05. The van der Waals surface area contributed by atoms with Crippen LogP contribution in [0.25, 0.3) is 0 Å². The number of rotatable bonds is 6. The Labute approximate surface area is 119 Å². The Morgan fingerprint density at radius 2 is 2.05 bits per heavy atom. The minimum absolute atomic E-state index is 0.639. The first-order valence-corrected chi connectivity index (χ1v) is 6.65. The summed E-state index contributed by atoms with van der Waals surface area (Å²) in [6.07, 6.45) is 4.29. The highest BCUT2D eigenvalue weighted by atomic mass is 16.5. The molecule has 1 heterocycles. The highest BCUT2D eigenvalue weighted by molar-refractivity contribution is 5.63. The standard InChI is InChI=1S/C15H20N4O/c1-12-15(18-9-8-17-12)19(10-4-7-16)13-5-3-6-14(11-13)20-2/h3,5-6,8-9,11H,4,7,10,16H2,1-2H3. The lowest BCUT2D eigenvalue weighted by molar-refractivity contribution is 0.415. The number of nitrogens with zero attached hydrogens (tertiary/aromatic N) is 3. The van der Waals surface area contributed by atoms with Crippen molar-refractivity contribution in [2.75, 3.05) is 25.1 Å². The summed E-state index contributed by atoms with van der Waals surface area (Å²) >= 11 is 0. The summed E-state index contributed by atoms with van der Waals surface area (Å²) in [6, 6.07) is 7.92. The van der Waals surface area contributed by atoms with Crippen LogP contribution in [0, 0.1) is 6.92 Å². The van der Waals surface area contributed by atoms with Crippen molar-refractivity contribution in [3.05, 3.63) is 42.4 Å². The molecule has 0 unspecified atom stereocenters. The van der Waals surface area contributed by atoms with Crippen molar-refractivity contribution in [2.45, 2.75) is 13.3 Å². The minimum Gasteiger partial charge on any atom is -0.497 e. The number of hydrogen-bond acceptors (Lipinski definition) is 5. The molecule has 0 saturated heterocycles. The van der Waals surface area contributed by atoms with E-state index in [9.17, 15) is 0 Å². The van der Waals surface area contributed by atoms with Crippen LogP contribution < -0.4 is 15.4 Å². The van der Waals surface area contributed by atoms with Crippen molar-refractivity contribution in [1.82, 2.24) is 9.97 Å². The van der Waals surface area contributed by atoms with Crippen LogP contribution in [0.2, 0.25) is 0 Å². The summed E-state index contributed by atoms with van der Waals surface area (Å²) in [5.74, 6) is 1.68. The van der Waals surface area contributed by atoms with Gasteiger partial charge in [-0.25, -0.2) is 4.98 Å². The van der Waals surface area contributed by atoms with E-state index in [2.05, 4.69) is 14.9 Å². The number of nitrogens with two attached hydrogens (primary N) is 1. The van der Waals surface area contributed by atoms with E-state index in [-0.39, 0.29) is 0 Å². The van der Waals surface area contributed by atoms with Gasteiger partial charge in [0.2, 0.25) is 0 Å². The predicted octanol–water partition coefficient (Wildman–Crippen LogP) is 2.28. The maximum atomic E-state index is 5.64. The molecule has 0 aliphatic heterocycles. The Morgan fingerprint density at radius 1 is 1.25 bits per heavy atom. The Hall–Kier alpha value is -2.14. The maximum Gasteiger partial charge on any atom is 0.154 e. The van der Waals surface area contributed by atoms with E-state index >= 15 is 0 Å². The monoisotopic (exact) mass is 272 g/mol. The molecule has 0 amide bonds. The zero-order valence-corrected chi connectivity index (χ0v) is 11.9. The van der Waals surface area contributed by atoms with E-state index in [1.54, 1.807) is 19.5 Å². The molecule has 106 valence electrons. The molecule has 0 bridgehead atoms. The minimum atomic E-state index is 0.639. The number of hydrogen-bond donors (Lipinski definition) is 1. The summed E-state index contributed by atoms with van der Waals surface area (Å²) in [6.45, 7) is 3.39. The van der Waals surface area contributed by atoms with E-state index in [0.29, 0.717) is 6.54 Å². The average molecular weight is 272 g/mol. The molecule has 0 atom stereocenters. The van der Waals surface area contributed by atoms with Gasteiger partial charge in [0.05, 0.1) is 12.8 Å². The predicted molar refractivity (Wildman–Crippen MR) is 80.4 cm³/mol. The molecule has 1 aromatic carbocycles. The van der Waals surface area contributed by atoms with E-state index < -0.39 is 0 Å². The Morgan fingerprint density at radius 3 is 2.75 bits per heavy atom. The number of benzene rings is 1. The number of aryl methyl sites for hydroxylation is 1. The molecule has 2 N–H and O–H groups in total. The Kier molecular flexibility index (Phi) is 4.90. The second-order valence-corrected chi connectivity index (χ2v) is 4.46. The van der Waals surface area contributed by atoms with E-state index in [1.807, 2.05) is 31.2 Å². The average Bonchev–Trinajstić information content (AvgIpc) is 2.49. The van der Waals surface area contributed by atoms with E-state index in [4.69, 9.17) is 10.5 Å². The molecule has 0 fully saturated rings. The van der Waals surface area contributed by atoms with Gasteiger partial charge in [-0.1, -0.05) is 6.07 Å². The maximum absolute atomic E-state index is 5.64. The first-order chi connectivity index (χ1) is 9.76. The highest BCUT2D eigenvalue weighted by Crippen LogP contribution is 2.28. The third-order valence-corrected chi connectivity index (χ3v) is 3.06. The van der Waals surface area contributed by atoms with Gasteiger partial charge in [-0.2, -0.15) is 0 Å². The van der Waals surface area contributed by atoms with Crippen molar-refractivity contribution in [2.24, 2.45) is 5.73 Å². The Bertz CT molecular complexity index is 559. The van der Waals surface area contributed by atoms with Crippen molar-refractivity contribution in [1.29, 1.82) is 0 Å². The van der Waals surface area contributed by atoms with Crippen LogP contribution in [-0.2, 0) is 0 Å². The van der Waals surface area contributed by atoms with Gasteiger partial charge in [0.1, 0.15) is 5.75 Å². The molecule has 0 aliphatic carbocycles. The van der Waals surface area contributed by atoms with Crippen LogP contribution in [0.3, 0.4) is 0 Å². The van der Waals surface area contributed by atoms with Gasteiger partial charge in [0.15, 0.2) is 5.82 Å². The number of aromatic nitrogens is 2. The van der Waals surface area contributed by atoms with Crippen molar-refractivity contribution >= 4 is 11.5 Å². The summed E-state index contributed by atoms with van der Waals surface area (Å²) in [5.41, 5.74) is 7.56. The normalized spacial score (nSPS) is 10.3. The molecular weight excluding hydrogens is 252 g/mol. The first kappa shape index (κ1) is 14.3. The van der Waals surface area contributed by atoms with Gasteiger partial charge in [-0.05, 0) is 32.0 Å². The number of methoxy groups -OCH3 is 1. The van der Waals surface area contributed by atoms with Crippen molar-refractivity contribution < 1.29 is 4.74 Å². The zero-order valence-electron chi connectivity index (χ0n) is 11.9. The largest absolute Gasteiger partial charge is 0.497 e. The topological polar surface area (TPSA) is 64.3 Å². The quantitative estimate of drug-likeness (QED) is 0.874. The first-order valence-electron chi connectivity index (χ1n) is 6.65. The SMILES string of the molecule is COc1cccc(N(CCCN)c2nccnc2C)c1. The molecule has 0 radical (unpaired) electrons. The summed E-state index contributed by atoms with van der Waals surface area (Å²) in [4.78, 5) is 10.9. The molecule has 2 aromatic rings. The molecule has 5 nitrogen and oxygen atoms in total. The Balaban J connectivity index is 2.38. The molecule has 0 saturated carbocycles. The van der Waals surface area contributed by atoms with Crippen LogP contribution in [0.4, 0.5) is 11.5 Å². The molecule has 0 aliphatic rings. The van der Waals surface area contributed by atoms with Crippen molar-refractivity contribution in [3.63, 3.8) is 0 Å². The fourth-order valence-corrected chi connectivity index (χ4v) is 2.05. The van der Waals surface area contributed by atoms with Gasteiger partial charge in [0, 0.05) is 30.7 Å². The second kappa shape index (κ2) is 6.86. The lowest BCUT2D eigenvalue weighted by atomic mass is 10.2. The van der Waals surface area contributed by atoms with Crippen LogP contribution in [0.1, 0.15) is 12.1 Å². The van der Waals surface area contributed by atoms with E-state index in [1.165, 1.54) is 0 Å². The van der Waals surface area contributed by atoms with Gasteiger partial charge >= 0.3 is 0 Å². The van der Waals surface area contributed by atoms with Crippen molar-refractivity contribution in [3.8, 4) is 5.75 Å². The third kappa shape index (κ3) is 3.24. The summed E-state index contributed by atoms with van der Waals surface area (Å²) in [5, 5.41) is 0. The number of anilines is 2. The number of ether oxygens (including phenoxy) is 1. The lowest BCUT2D eigenvalue weighted by Crippen LogP contribution is -2.23. The molecule has 20 heavy (non-hydrogen) atoms.